The van der Waals surface area contributed by atoms with Crippen LogP contribution in [-0.4, -0.2) is 15.0 Å². The van der Waals surface area contributed by atoms with Crippen molar-refractivity contribution in [1.29, 1.82) is 0 Å². The van der Waals surface area contributed by atoms with Gasteiger partial charge in [-0.15, -0.1) is 22.7 Å². The van der Waals surface area contributed by atoms with E-state index < -0.39 is 0 Å². The first-order valence-electron chi connectivity index (χ1n) is 4.14. The molecule has 0 unspecified atom stereocenters. The molecule has 0 aromatic carbocycles. The van der Waals surface area contributed by atoms with Crippen LogP contribution in [0.25, 0.3) is 20.1 Å². The highest BCUT2D eigenvalue weighted by Crippen LogP contribution is 2.33. The Bertz CT molecular complexity index is 603. The Hall–Kier alpha value is -1.04. The van der Waals surface area contributed by atoms with Gasteiger partial charge in [0.25, 0.3) is 0 Å². The van der Waals surface area contributed by atoms with Gasteiger partial charge < -0.3 is 0 Å². The van der Waals surface area contributed by atoms with Crippen LogP contribution >= 0.6 is 34.3 Å². The van der Waals surface area contributed by atoms with E-state index in [-0.39, 0.29) is 0 Å². The Morgan fingerprint density at radius 3 is 3.00 bits per heavy atom. The predicted octanol–water partition coefficient (Wildman–Crippen LogP) is 3.47. The molecule has 0 radical (unpaired) electrons. The summed E-state index contributed by atoms with van der Waals surface area (Å²) in [5, 5.41) is 1.40. The minimum absolute atomic E-state index is 0.458. The SMILES string of the molecule is Clc1nccc2sc(-c3cncs3)nc12. The second-order valence-corrected chi connectivity index (χ2v) is 5.11. The van der Waals surface area contributed by atoms with E-state index in [0.717, 1.165) is 20.1 Å². The van der Waals surface area contributed by atoms with Gasteiger partial charge in [-0.05, 0) is 6.07 Å². The molecule has 0 bridgehead atoms. The van der Waals surface area contributed by atoms with E-state index in [9.17, 15) is 0 Å². The summed E-state index contributed by atoms with van der Waals surface area (Å²) in [6.07, 6.45) is 3.50. The zero-order valence-electron chi connectivity index (χ0n) is 7.35. The molecule has 15 heavy (non-hydrogen) atoms. The number of rotatable bonds is 1. The quantitative estimate of drug-likeness (QED) is 0.624. The van der Waals surface area contributed by atoms with E-state index in [2.05, 4.69) is 15.0 Å². The lowest BCUT2D eigenvalue weighted by molar-refractivity contribution is 1.34. The second kappa shape index (κ2) is 3.52. The molecule has 0 saturated heterocycles. The molecule has 3 rings (SSSR count). The van der Waals surface area contributed by atoms with Crippen molar-refractivity contribution in [2.45, 2.75) is 0 Å². The van der Waals surface area contributed by atoms with Crippen molar-refractivity contribution < 1.29 is 0 Å². The summed E-state index contributed by atoms with van der Waals surface area (Å²) >= 11 is 9.13. The number of hydrogen-bond acceptors (Lipinski definition) is 5. The maximum atomic E-state index is 5.95. The Kier molecular flexibility index (Phi) is 2.16. The second-order valence-electron chi connectivity index (χ2n) is 2.83. The van der Waals surface area contributed by atoms with Crippen LogP contribution < -0.4 is 0 Å². The minimum Gasteiger partial charge on any atom is -0.252 e. The molecular weight excluding hydrogens is 250 g/mol. The molecule has 0 aliphatic rings. The summed E-state index contributed by atoms with van der Waals surface area (Å²) in [6.45, 7) is 0. The molecule has 0 fully saturated rings. The molecule has 3 nitrogen and oxygen atoms in total. The lowest BCUT2D eigenvalue weighted by Crippen LogP contribution is -1.75. The summed E-state index contributed by atoms with van der Waals surface area (Å²) in [7, 11) is 0. The lowest BCUT2D eigenvalue weighted by Gasteiger charge is -1.87. The van der Waals surface area contributed by atoms with Crippen molar-refractivity contribution in [3.05, 3.63) is 29.1 Å². The van der Waals surface area contributed by atoms with Crippen molar-refractivity contribution in [3.8, 4) is 9.88 Å². The maximum Gasteiger partial charge on any atom is 0.156 e. The molecule has 3 heterocycles. The van der Waals surface area contributed by atoms with Crippen molar-refractivity contribution in [2.24, 2.45) is 0 Å². The molecule has 0 aliphatic heterocycles. The van der Waals surface area contributed by atoms with Gasteiger partial charge in [0, 0.05) is 12.4 Å². The highest BCUT2D eigenvalue weighted by Gasteiger charge is 2.09. The van der Waals surface area contributed by atoms with E-state index in [0.29, 0.717) is 5.15 Å². The van der Waals surface area contributed by atoms with Crippen molar-refractivity contribution in [3.63, 3.8) is 0 Å². The first-order chi connectivity index (χ1) is 7.34. The van der Waals surface area contributed by atoms with E-state index in [1.54, 1.807) is 34.4 Å². The average Bonchev–Trinajstić information content (AvgIpc) is 2.86. The van der Waals surface area contributed by atoms with Gasteiger partial charge in [-0.25, -0.2) is 9.97 Å². The van der Waals surface area contributed by atoms with Gasteiger partial charge in [-0.1, -0.05) is 11.6 Å². The van der Waals surface area contributed by atoms with Gasteiger partial charge in [0.2, 0.25) is 0 Å². The number of thiazole rings is 2. The van der Waals surface area contributed by atoms with Gasteiger partial charge in [0.05, 0.1) is 15.1 Å². The van der Waals surface area contributed by atoms with Gasteiger partial charge in [0.1, 0.15) is 10.5 Å². The van der Waals surface area contributed by atoms with Crippen molar-refractivity contribution >= 4 is 44.5 Å². The number of fused-ring (bicyclic) bond motifs is 1. The molecule has 74 valence electrons. The molecule has 3 aromatic heterocycles. The summed E-state index contributed by atoms with van der Waals surface area (Å²) in [5.74, 6) is 0. The highest BCUT2D eigenvalue weighted by atomic mass is 35.5. The molecule has 0 saturated carbocycles. The van der Waals surface area contributed by atoms with Crippen LogP contribution in [0.2, 0.25) is 5.15 Å². The van der Waals surface area contributed by atoms with E-state index >= 15 is 0 Å². The van der Waals surface area contributed by atoms with Crippen molar-refractivity contribution in [2.75, 3.05) is 0 Å². The van der Waals surface area contributed by atoms with E-state index in [1.807, 2.05) is 12.3 Å². The molecule has 3 aromatic rings. The predicted molar refractivity (Wildman–Crippen MR) is 63.5 cm³/mol. The van der Waals surface area contributed by atoms with Gasteiger partial charge >= 0.3 is 0 Å². The van der Waals surface area contributed by atoms with E-state index in [4.69, 9.17) is 11.6 Å². The molecule has 0 N–H and O–H groups in total. The van der Waals surface area contributed by atoms with Gasteiger partial charge in [-0.3, -0.25) is 4.98 Å². The van der Waals surface area contributed by atoms with Crippen LogP contribution in [0.4, 0.5) is 0 Å². The van der Waals surface area contributed by atoms with Crippen LogP contribution in [0.15, 0.2) is 24.0 Å². The van der Waals surface area contributed by atoms with Gasteiger partial charge in [-0.2, -0.15) is 0 Å². The number of halogens is 1. The third kappa shape index (κ3) is 1.52. The normalized spacial score (nSPS) is 11.0. The standard InChI is InChI=1S/C9H4ClN3S2/c10-8-7-5(1-2-12-8)15-9(13-7)6-3-11-4-14-6/h1-4H. The monoisotopic (exact) mass is 253 g/mol. The third-order valence-electron chi connectivity index (χ3n) is 1.91. The summed E-state index contributed by atoms with van der Waals surface area (Å²) in [6, 6.07) is 1.92. The zero-order valence-corrected chi connectivity index (χ0v) is 9.73. The Morgan fingerprint density at radius 2 is 2.27 bits per heavy atom. The topological polar surface area (TPSA) is 38.7 Å². The Labute approximate surface area is 98.4 Å². The Morgan fingerprint density at radius 1 is 1.33 bits per heavy atom. The summed E-state index contributed by atoms with van der Waals surface area (Å²) < 4.78 is 1.05. The number of hydrogen-bond donors (Lipinski definition) is 0. The van der Waals surface area contributed by atoms with Crippen LogP contribution in [-0.2, 0) is 0 Å². The van der Waals surface area contributed by atoms with E-state index in [1.165, 1.54) is 0 Å². The van der Waals surface area contributed by atoms with Crippen molar-refractivity contribution in [1.82, 2.24) is 15.0 Å². The number of nitrogens with zero attached hydrogens (tertiary/aromatic N) is 3. The molecule has 0 amide bonds. The Balaban J connectivity index is 2.27. The average molecular weight is 254 g/mol. The van der Waals surface area contributed by atoms with Gasteiger partial charge in [0.15, 0.2) is 5.15 Å². The summed E-state index contributed by atoms with van der Waals surface area (Å²) in [4.78, 5) is 13.5. The fourth-order valence-electron chi connectivity index (χ4n) is 1.25. The smallest absolute Gasteiger partial charge is 0.156 e. The molecule has 6 heteroatoms. The third-order valence-corrected chi connectivity index (χ3v) is 4.15. The molecule has 0 atom stereocenters. The van der Waals surface area contributed by atoms with Crippen LogP contribution in [0.5, 0.6) is 0 Å². The summed E-state index contributed by atoms with van der Waals surface area (Å²) in [5.41, 5.74) is 2.56. The minimum atomic E-state index is 0.458. The first-order valence-corrected chi connectivity index (χ1v) is 6.22. The first kappa shape index (κ1) is 9.21. The number of aromatic nitrogens is 3. The number of pyridine rings is 1. The van der Waals surface area contributed by atoms with Crippen LogP contribution in [0.1, 0.15) is 0 Å². The fraction of sp³-hybridized carbons (Fsp3) is 0. The molecule has 0 aliphatic carbocycles. The zero-order chi connectivity index (χ0) is 10.3. The maximum absolute atomic E-state index is 5.95. The lowest BCUT2D eigenvalue weighted by atomic mass is 10.4. The highest BCUT2D eigenvalue weighted by molar-refractivity contribution is 7.25. The van der Waals surface area contributed by atoms with Crippen LogP contribution in [0, 0.1) is 0 Å². The van der Waals surface area contributed by atoms with Crippen LogP contribution in [0.3, 0.4) is 0 Å². The molecule has 0 spiro atoms. The fourth-order valence-corrected chi connectivity index (χ4v) is 3.15. The largest absolute Gasteiger partial charge is 0.252 e. The molecular formula is C9H4ClN3S2.